The highest BCUT2D eigenvalue weighted by Crippen LogP contribution is 2.44. The van der Waals surface area contributed by atoms with Crippen LogP contribution in [-0.2, 0) is 11.8 Å². The van der Waals surface area contributed by atoms with Crippen LogP contribution in [0.25, 0.3) is 53.0 Å². The van der Waals surface area contributed by atoms with Crippen LogP contribution in [0.1, 0.15) is 58.4 Å². The number of fused-ring (bicyclic) bond motifs is 6. The summed E-state index contributed by atoms with van der Waals surface area (Å²) < 4.78 is 2.55. The van der Waals surface area contributed by atoms with Gasteiger partial charge in [-0.3, -0.25) is 0 Å². The first-order valence-electron chi connectivity index (χ1n) is 13.1. The van der Waals surface area contributed by atoms with Crippen molar-refractivity contribution in [1.29, 1.82) is 0 Å². The van der Waals surface area contributed by atoms with Crippen molar-refractivity contribution in [3.8, 4) is 11.3 Å². The quantitative estimate of drug-likeness (QED) is 0.235. The van der Waals surface area contributed by atoms with E-state index in [2.05, 4.69) is 120 Å². The number of benzene rings is 4. The summed E-state index contributed by atoms with van der Waals surface area (Å²) in [5.74, 6) is 0. The molecule has 2 heterocycles. The molecule has 0 atom stereocenters. The molecule has 186 valence electrons. The van der Waals surface area contributed by atoms with Crippen molar-refractivity contribution in [2.75, 3.05) is 0 Å². The number of thiophene rings is 1. The number of hydrogen-bond acceptors (Lipinski definition) is 3. The van der Waals surface area contributed by atoms with E-state index in [1.807, 2.05) is 11.3 Å². The molecule has 0 N–H and O–H groups in total. The molecular weight excluding hydrogens is 468 g/mol. The highest BCUT2D eigenvalue weighted by atomic mass is 32.1. The van der Waals surface area contributed by atoms with Gasteiger partial charge in [0.25, 0.3) is 0 Å². The van der Waals surface area contributed by atoms with Gasteiger partial charge in [-0.1, -0.05) is 96.1 Å². The van der Waals surface area contributed by atoms with Crippen LogP contribution in [0.5, 0.6) is 0 Å². The van der Waals surface area contributed by atoms with Crippen molar-refractivity contribution < 1.29 is 0 Å². The maximum Gasteiger partial charge on any atom is 0.111 e. The van der Waals surface area contributed by atoms with Gasteiger partial charge in [0.2, 0.25) is 0 Å². The maximum absolute atomic E-state index is 4.80. The van der Waals surface area contributed by atoms with Gasteiger partial charge in [-0.05, 0) is 69.0 Å². The van der Waals surface area contributed by atoms with E-state index in [9.17, 15) is 0 Å². The monoisotopic (exact) mass is 502 g/mol. The predicted octanol–water partition coefficient (Wildman–Crippen LogP) is 10.0. The van der Waals surface area contributed by atoms with Crippen LogP contribution in [0.15, 0.2) is 66.7 Å². The summed E-state index contributed by atoms with van der Waals surface area (Å²) in [5.41, 5.74) is 6.14. The molecule has 0 radical (unpaired) electrons. The van der Waals surface area contributed by atoms with Gasteiger partial charge in [0.15, 0.2) is 0 Å². The Bertz CT molecular complexity index is 1830. The van der Waals surface area contributed by atoms with Gasteiger partial charge in [0.05, 0.1) is 10.4 Å². The number of hydrogen-bond donors (Lipinski definition) is 0. The second-order valence-corrected chi connectivity index (χ2v) is 13.7. The largest absolute Gasteiger partial charge is 0.155 e. The molecule has 0 saturated carbocycles. The normalized spacial score (nSPS) is 12.8. The molecule has 6 aromatic rings. The SMILES string of the molecule is Cc1nnc(-c2cc(C(C)(C)C)c3ccccc3c2)c2sc3c4ccc(CC(C)(C)C)cc4ccc3c12. The van der Waals surface area contributed by atoms with E-state index in [-0.39, 0.29) is 10.8 Å². The zero-order chi connectivity index (χ0) is 26.1. The molecule has 4 aromatic carbocycles. The van der Waals surface area contributed by atoms with Gasteiger partial charge < -0.3 is 0 Å². The summed E-state index contributed by atoms with van der Waals surface area (Å²) in [6.07, 6.45) is 1.07. The lowest BCUT2D eigenvalue weighted by Gasteiger charge is -2.22. The molecule has 0 unspecified atom stereocenters. The molecule has 0 spiro atoms. The Morgan fingerprint density at radius 3 is 2.19 bits per heavy atom. The molecule has 0 amide bonds. The maximum atomic E-state index is 4.80. The standard InChI is InChI=1S/C34H34N2S/c1-20-29-27-15-13-23-16-21(19-33(2,3)4)12-14-26(23)31(27)37-32(29)30(36-35-20)24-17-22-10-8-9-11-25(22)28(18-24)34(5,6)7/h8-18H,19H2,1-7H3. The van der Waals surface area contributed by atoms with Crippen LogP contribution in [0.3, 0.4) is 0 Å². The minimum atomic E-state index is 0.0218. The van der Waals surface area contributed by atoms with E-state index in [0.29, 0.717) is 0 Å². The van der Waals surface area contributed by atoms with Gasteiger partial charge in [-0.15, -0.1) is 16.4 Å². The third kappa shape index (κ3) is 4.20. The topological polar surface area (TPSA) is 25.8 Å². The van der Waals surface area contributed by atoms with Crippen LogP contribution in [0.2, 0.25) is 0 Å². The Morgan fingerprint density at radius 2 is 1.43 bits per heavy atom. The fourth-order valence-corrected chi connectivity index (χ4v) is 7.05. The smallest absolute Gasteiger partial charge is 0.111 e. The summed E-state index contributed by atoms with van der Waals surface area (Å²) in [6, 6.07) is 24.9. The van der Waals surface area contributed by atoms with Crippen molar-refractivity contribution >= 4 is 53.1 Å². The molecule has 37 heavy (non-hydrogen) atoms. The van der Waals surface area contributed by atoms with Gasteiger partial charge in [0, 0.05) is 21.0 Å². The predicted molar refractivity (Wildman–Crippen MR) is 162 cm³/mol. The Hall–Kier alpha value is -3.30. The summed E-state index contributed by atoms with van der Waals surface area (Å²) >= 11 is 1.86. The Kier molecular flexibility index (Phi) is 5.44. The second kappa shape index (κ2) is 8.36. The zero-order valence-electron chi connectivity index (χ0n) is 22.9. The molecular formula is C34H34N2S. The molecule has 2 aromatic heterocycles. The summed E-state index contributed by atoms with van der Waals surface area (Å²) in [4.78, 5) is 0. The third-order valence-corrected chi connectivity index (χ3v) is 8.54. The van der Waals surface area contributed by atoms with E-state index in [0.717, 1.165) is 23.4 Å². The molecule has 0 fully saturated rings. The third-order valence-electron chi connectivity index (χ3n) is 7.29. The van der Waals surface area contributed by atoms with E-state index in [1.165, 1.54) is 52.8 Å². The van der Waals surface area contributed by atoms with Crippen molar-refractivity contribution in [2.24, 2.45) is 5.41 Å². The van der Waals surface area contributed by atoms with Gasteiger partial charge in [-0.2, -0.15) is 5.10 Å². The van der Waals surface area contributed by atoms with Crippen molar-refractivity contribution in [2.45, 2.75) is 60.3 Å². The van der Waals surface area contributed by atoms with Gasteiger partial charge in [-0.25, -0.2) is 0 Å². The van der Waals surface area contributed by atoms with Crippen LogP contribution in [0.4, 0.5) is 0 Å². The Morgan fingerprint density at radius 1 is 0.703 bits per heavy atom. The lowest BCUT2D eigenvalue weighted by atomic mass is 9.82. The average Bonchev–Trinajstić information content (AvgIpc) is 3.22. The van der Waals surface area contributed by atoms with Crippen molar-refractivity contribution in [3.63, 3.8) is 0 Å². The fraction of sp³-hybridized carbons (Fsp3) is 0.294. The number of aromatic nitrogens is 2. The first-order valence-corrected chi connectivity index (χ1v) is 14.0. The lowest BCUT2D eigenvalue weighted by molar-refractivity contribution is 0.411. The molecule has 0 aliphatic rings. The average molecular weight is 503 g/mol. The number of nitrogens with zero attached hydrogens (tertiary/aromatic N) is 2. The minimum Gasteiger partial charge on any atom is -0.155 e. The molecule has 0 saturated heterocycles. The summed E-state index contributed by atoms with van der Waals surface area (Å²) in [7, 11) is 0. The van der Waals surface area contributed by atoms with Crippen LogP contribution in [0, 0.1) is 12.3 Å². The Balaban J connectivity index is 1.62. The number of aryl methyl sites for hydroxylation is 1. The van der Waals surface area contributed by atoms with E-state index in [1.54, 1.807) is 0 Å². The molecule has 0 aliphatic heterocycles. The van der Waals surface area contributed by atoms with Crippen molar-refractivity contribution in [3.05, 3.63) is 83.6 Å². The minimum absolute atomic E-state index is 0.0218. The highest BCUT2D eigenvalue weighted by molar-refractivity contribution is 7.27. The molecule has 0 aliphatic carbocycles. The highest BCUT2D eigenvalue weighted by Gasteiger charge is 2.22. The van der Waals surface area contributed by atoms with Crippen LogP contribution < -0.4 is 0 Å². The first-order chi connectivity index (χ1) is 17.5. The van der Waals surface area contributed by atoms with E-state index < -0.39 is 0 Å². The summed E-state index contributed by atoms with van der Waals surface area (Å²) in [6.45, 7) is 15.8. The number of rotatable bonds is 2. The molecule has 6 rings (SSSR count). The van der Waals surface area contributed by atoms with Crippen LogP contribution >= 0.6 is 11.3 Å². The zero-order valence-corrected chi connectivity index (χ0v) is 23.7. The van der Waals surface area contributed by atoms with Gasteiger partial charge >= 0.3 is 0 Å². The first kappa shape index (κ1) is 24.1. The Labute approximate surface area is 223 Å². The molecule has 3 heteroatoms. The van der Waals surface area contributed by atoms with Crippen LogP contribution in [-0.4, -0.2) is 10.2 Å². The summed E-state index contributed by atoms with van der Waals surface area (Å²) in [5, 5.41) is 17.2. The van der Waals surface area contributed by atoms with E-state index in [4.69, 9.17) is 5.10 Å². The second-order valence-electron chi connectivity index (χ2n) is 12.7. The molecule has 2 nitrogen and oxygen atoms in total. The molecule has 0 bridgehead atoms. The fourth-order valence-electron chi connectivity index (χ4n) is 5.66. The van der Waals surface area contributed by atoms with Crippen molar-refractivity contribution in [1.82, 2.24) is 10.2 Å². The van der Waals surface area contributed by atoms with E-state index >= 15 is 0 Å². The lowest BCUT2D eigenvalue weighted by Crippen LogP contribution is -2.12. The van der Waals surface area contributed by atoms with Gasteiger partial charge in [0.1, 0.15) is 5.69 Å².